The Bertz CT molecular complexity index is 768. The average molecular weight is 336 g/mol. The number of pyridine rings is 1. The fourth-order valence-electron chi connectivity index (χ4n) is 3.32. The number of hydrogen-bond acceptors (Lipinski definition) is 3. The van der Waals surface area contributed by atoms with Gasteiger partial charge in [-0.3, -0.25) is 9.59 Å². The Kier molecular flexibility index (Phi) is 5.27. The van der Waals surface area contributed by atoms with E-state index in [-0.39, 0.29) is 17.7 Å². The van der Waals surface area contributed by atoms with E-state index in [4.69, 9.17) is 0 Å². The minimum atomic E-state index is -0.261. The lowest BCUT2D eigenvalue weighted by atomic mass is 9.94. The highest BCUT2D eigenvalue weighted by Gasteiger charge is 2.24. The predicted molar refractivity (Wildman–Crippen MR) is 98.5 cm³/mol. The highest BCUT2D eigenvalue weighted by molar-refractivity contribution is 5.95. The zero-order valence-corrected chi connectivity index (χ0v) is 14.8. The van der Waals surface area contributed by atoms with E-state index >= 15 is 0 Å². The van der Waals surface area contributed by atoms with Crippen LogP contribution in [0.1, 0.15) is 48.8 Å². The zero-order valence-electron chi connectivity index (χ0n) is 14.8. The third-order valence-corrected chi connectivity index (χ3v) is 5.04. The molecule has 1 fully saturated rings. The summed E-state index contributed by atoms with van der Waals surface area (Å²) >= 11 is 0. The zero-order chi connectivity index (χ0) is 17.8. The summed E-state index contributed by atoms with van der Waals surface area (Å²) in [6.45, 7) is 3.81. The Balaban J connectivity index is 1.63. The first-order valence-electron chi connectivity index (χ1n) is 8.88. The molecule has 4 heteroatoms. The number of aromatic nitrogens is 1. The van der Waals surface area contributed by atoms with Crippen LogP contribution in [0.15, 0.2) is 42.6 Å². The number of nitrogens with one attached hydrogen (secondary N) is 1. The second-order valence-corrected chi connectivity index (χ2v) is 6.88. The fourth-order valence-corrected chi connectivity index (χ4v) is 3.32. The van der Waals surface area contributed by atoms with Gasteiger partial charge in [-0.15, -0.1) is 0 Å². The fraction of sp³-hybridized carbons (Fsp3) is 0.381. The summed E-state index contributed by atoms with van der Waals surface area (Å²) in [5.41, 5.74) is 3.07. The molecule has 130 valence electrons. The molecule has 0 saturated heterocycles. The van der Waals surface area contributed by atoms with E-state index in [0.29, 0.717) is 11.6 Å². The van der Waals surface area contributed by atoms with Crippen LogP contribution < -0.4 is 5.32 Å². The van der Waals surface area contributed by atoms with Crippen molar-refractivity contribution in [2.75, 3.05) is 5.32 Å². The average Bonchev–Trinajstić information content (AvgIpc) is 3.02. The van der Waals surface area contributed by atoms with Gasteiger partial charge in [0.25, 0.3) is 0 Å². The molecule has 1 heterocycles. The van der Waals surface area contributed by atoms with Gasteiger partial charge < -0.3 is 5.32 Å². The van der Waals surface area contributed by atoms with Gasteiger partial charge in [0.15, 0.2) is 0 Å². The van der Waals surface area contributed by atoms with Crippen molar-refractivity contribution in [3.8, 4) is 0 Å². The Morgan fingerprint density at radius 3 is 2.68 bits per heavy atom. The van der Waals surface area contributed by atoms with Crippen molar-refractivity contribution < 1.29 is 9.59 Å². The quantitative estimate of drug-likeness (QED) is 0.896. The van der Waals surface area contributed by atoms with Gasteiger partial charge in [-0.25, -0.2) is 4.98 Å². The lowest BCUT2D eigenvalue weighted by Gasteiger charge is -2.14. The van der Waals surface area contributed by atoms with E-state index < -0.39 is 0 Å². The number of amides is 1. The molecule has 0 aliphatic heterocycles. The number of carbonyl (C=O) groups is 2. The lowest BCUT2D eigenvalue weighted by molar-refractivity contribution is -0.120. The molecule has 25 heavy (non-hydrogen) atoms. The van der Waals surface area contributed by atoms with E-state index in [2.05, 4.69) is 10.3 Å². The molecule has 1 saturated carbocycles. The third-order valence-electron chi connectivity index (χ3n) is 5.04. The van der Waals surface area contributed by atoms with Crippen molar-refractivity contribution in [3.63, 3.8) is 0 Å². The minimum absolute atomic E-state index is 0.0690. The maximum Gasteiger partial charge on any atom is 0.232 e. The van der Waals surface area contributed by atoms with E-state index in [1.165, 1.54) is 0 Å². The maximum atomic E-state index is 12.5. The molecular formula is C21H24N2O2. The molecule has 1 aromatic carbocycles. The molecule has 1 amide bonds. The van der Waals surface area contributed by atoms with Crippen molar-refractivity contribution in [1.82, 2.24) is 4.98 Å². The first kappa shape index (κ1) is 17.3. The Morgan fingerprint density at radius 1 is 1.28 bits per heavy atom. The molecule has 0 bridgehead atoms. The summed E-state index contributed by atoms with van der Waals surface area (Å²) in [5.74, 6) is 0.848. The first-order chi connectivity index (χ1) is 12.0. The topological polar surface area (TPSA) is 59.1 Å². The molecule has 1 aromatic heterocycles. The molecule has 1 aliphatic rings. The number of rotatable bonds is 5. The first-order valence-corrected chi connectivity index (χ1v) is 8.88. The van der Waals surface area contributed by atoms with E-state index in [1.54, 1.807) is 6.20 Å². The number of aryl methyl sites for hydroxylation is 1. The molecule has 3 rings (SSSR count). The van der Waals surface area contributed by atoms with Gasteiger partial charge in [0.05, 0.1) is 5.92 Å². The normalized spacial score (nSPS) is 18.2. The molecule has 1 aliphatic carbocycles. The van der Waals surface area contributed by atoms with Crippen LogP contribution in [0.3, 0.4) is 0 Å². The van der Waals surface area contributed by atoms with Crippen molar-refractivity contribution in [3.05, 3.63) is 59.3 Å². The smallest absolute Gasteiger partial charge is 0.232 e. The molecule has 1 N–H and O–H groups in total. The van der Waals surface area contributed by atoms with Crippen molar-refractivity contribution in [2.24, 2.45) is 5.92 Å². The van der Waals surface area contributed by atoms with Crippen LogP contribution in [-0.2, 0) is 16.0 Å². The molecule has 2 unspecified atom stereocenters. The van der Waals surface area contributed by atoms with Crippen molar-refractivity contribution in [2.45, 2.75) is 45.4 Å². The molecule has 2 atom stereocenters. The summed E-state index contributed by atoms with van der Waals surface area (Å²) in [5, 5.41) is 2.89. The number of hydrogen-bond donors (Lipinski definition) is 1. The summed E-state index contributed by atoms with van der Waals surface area (Å²) in [7, 11) is 0. The van der Waals surface area contributed by atoms with E-state index in [1.807, 2.05) is 50.2 Å². The largest absolute Gasteiger partial charge is 0.310 e. The van der Waals surface area contributed by atoms with Crippen LogP contribution in [-0.4, -0.2) is 16.7 Å². The highest BCUT2D eigenvalue weighted by atomic mass is 16.2. The summed E-state index contributed by atoms with van der Waals surface area (Å²) in [4.78, 5) is 28.5. The van der Waals surface area contributed by atoms with Crippen molar-refractivity contribution >= 4 is 17.5 Å². The number of carbonyl (C=O) groups excluding carboxylic acids is 2. The Morgan fingerprint density at radius 2 is 2.04 bits per heavy atom. The van der Waals surface area contributed by atoms with Gasteiger partial charge >= 0.3 is 0 Å². The van der Waals surface area contributed by atoms with Gasteiger partial charge in [-0.05, 0) is 55.9 Å². The van der Waals surface area contributed by atoms with Crippen molar-refractivity contribution in [1.29, 1.82) is 0 Å². The van der Waals surface area contributed by atoms with Gasteiger partial charge in [-0.1, -0.05) is 30.3 Å². The molecule has 0 radical (unpaired) electrons. The highest BCUT2D eigenvalue weighted by Crippen LogP contribution is 2.26. The Labute approximate surface area is 148 Å². The van der Waals surface area contributed by atoms with Crippen LogP contribution in [0.2, 0.25) is 0 Å². The van der Waals surface area contributed by atoms with Gasteiger partial charge in [-0.2, -0.15) is 0 Å². The van der Waals surface area contributed by atoms with Gasteiger partial charge in [0.2, 0.25) is 5.91 Å². The maximum absolute atomic E-state index is 12.5. The number of benzene rings is 1. The number of anilines is 1. The molecule has 4 nitrogen and oxygen atoms in total. The molecule has 0 spiro atoms. The number of ketones is 1. The van der Waals surface area contributed by atoms with Crippen LogP contribution in [0.25, 0.3) is 0 Å². The SMILES string of the molecule is Cc1cccnc1NC(=O)C(C)c1ccc(CC2CCCC2=O)cc1. The van der Waals surface area contributed by atoms with E-state index in [0.717, 1.165) is 42.4 Å². The second kappa shape index (κ2) is 7.60. The van der Waals surface area contributed by atoms with Gasteiger partial charge in [0.1, 0.15) is 11.6 Å². The van der Waals surface area contributed by atoms with Crippen LogP contribution >= 0.6 is 0 Å². The standard InChI is InChI=1S/C21H24N2O2/c1-14-5-4-12-22-20(14)23-21(25)15(2)17-10-8-16(9-11-17)13-18-6-3-7-19(18)24/h4-5,8-12,15,18H,3,6-7,13H2,1-2H3,(H,22,23,25). The van der Waals surface area contributed by atoms with E-state index in [9.17, 15) is 9.59 Å². The van der Waals surface area contributed by atoms with Crippen LogP contribution in [0.5, 0.6) is 0 Å². The number of Topliss-reactive ketones (excluding diaryl/α,β-unsaturated/α-hetero) is 1. The minimum Gasteiger partial charge on any atom is -0.310 e. The molecular weight excluding hydrogens is 312 g/mol. The van der Waals surface area contributed by atoms with Gasteiger partial charge in [0, 0.05) is 18.5 Å². The monoisotopic (exact) mass is 336 g/mol. The third kappa shape index (κ3) is 4.13. The number of nitrogens with zero attached hydrogens (tertiary/aromatic N) is 1. The van der Waals surface area contributed by atoms with Crippen LogP contribution in [0.4, 0.5) is 5.82 Å². The predicted octanol–water partition coefficient (Wildman–Crippen LogP) is 4.04. The molecule has 2 aromatic rings. The van der Waals surface area contributed by atoms with Crippen LogP contribution in [0, 0.1) is 12.8 Å². The summed E-state index contributed by atoms with van der Waals surface area (Å²) < 4.78 is 0. The summed E-state index contributed by atoms with van der Waals surface area (Å²) in [6, 6.07) is 11.8. The summed E-state index contributed by atoms with van der Waals surface area (Å²) in [6.07, 6.45) is 5.24. The Hall–Kier alpha value is -2.49. The lowest BCUT2D eigenvalue weighted by Crippen LogP contribution is -2.20. The second-order valence-electron chi connectivity index (χ2n) is 6.88.